The number of aliphatic hydroxyl groups excluding tert-OH is 1. The molecule has 2 amide bonds. The largest absolute Gasteiger partial charge is 0.371 e. The van der Waals surface area contributed by atoms with E-state index in [-0.39, 0.29) is 29.0 Å². The van der Waals surface area contributed by atoms with Crippen LogP contribution in [0.1, 0.15) is 6.42 Å². The molecule has 36 heavy (non-hydrogen) atoms. The van der Waals surface area contributed by atoms with E-state index in [1.807, 2.05) is 0 Å². The molecule has 1 aliphatic heterocycles. The van der Waals surface area contributed by atoms with Crippen molar-refractivity contribution < 1.29 is 27.1 Å². The van der Waals surface area contributed by atoms with E-state index in [4.69, 9.17) is 11.6 Å². The SMILES string of the molecule is CS(=O)(=O)Nc1ccccc1-c1ccc(N2CC[C@@H](NC(=O)Nc3ccc(Cl)cc3)C2O)c(F)c1F. The number of aliphatic hydroxyl groups is 1. The Kier molecular flexibility index (Phi) is 7.34. The molecule has 8 nitrogen and oxygen atoms in total. The molecule has 12 heteroatoms. The van der Waals surface area contributed by atoms with Crippen LogP contribution in [0.5, 0.6) is 0 Å². The Morgan fingerprint density at radius 2 is 1.72 bits per heavy atom. The lowest BCUT2D eigenvalue weighted by molar-refractivity contribution is 0.152. The Morgan fingerprint density at radius 1 is 1.03 bits per heavy atom. The molecule has 0 aliphatic carbocycles. The minimum atomic E-state index is -3.65. The van der Waals surface area contributed by atoms with Gasteiger partial charge in [-0.25, -0.2) is 22.0 Å². The van der Waals surface area contributed by atoms with E-state index in [9.17, 15) is 18.3 Å². The van der Waals surface area contributed by atoms with Crippen molar-refractivity contribution in [2.75, 3.05) is 27.7 Å². The Bertz CT molecular complexity index is 1390. The number of sulfonamides is 1. The number of halogens is 3. The third kappa shape index (κ3) is 5.69. The van der Waals surface area contributed by atoms with E-state index in [1.54, 1.807) is 36.4 Å². The molecule has 1 fully saturated rings. The number of hydrogen-bond acceptors (Lipinski definition) is 5. The predicted octanol–water partition coefficient (Wildman–Crippen LogP) is 4.38. The summed E-state index contributed by atoms with van der Waals surface area (Å²) in [5.41, 5.74) is 0.429. The molecule has 2 atom stereocenters. The number of carbonyl (C=O) groups excluding carboxylic acids is 1. The van der Waals surface area contributed by atoms with E-state index >= 15 is 8.78 Å². The molecule has 4 N–H and O–H groups in total. The predicted molar refractivity (Wildman–Crippen MR) is 136 cm³/mol. The summed E-state index contributed by atoms with van der Waals surface area (Å²) < 4.78 is 56.0. The number of para-hydroxylation sites is 1. The number of nitrogens with one attached hydrogen (secondary N) is 3. The first-order valence-electron chi connectivity index (χ1n) is 10.9. The monoisotopic (exact) mass is 536 g/mol. The van der Waals surface area contributed by atoms with Crippen LogP contribution in [0, 0.1) is 11.6 Å². The molecule has 0 saturated carbocycles. The first-order valence-corrected chi connectivity index (χ1v) is 13.1. The molecule has 0 aromatic heterocycles. The third-order valence-corrected chi connectivity index (χ3v) is 6.51. The van der Waals surface area contributed by atoms with Gasteiger partial charge in [0.1, 0.15) is 6.23 Å². The third-order valence-electron chi connectivity index (χ3n) is 5.66. The van der Waals surface area contributed by atoms with Crippen LogP contribution in [0.25, 0.3) is 11.1 Å². The second-order valence-electron chi connectivity index (χ2n) is 8.29. The lowest BCUT2D eigenvalue weighted by Crippen LogP contribution is -2.46. The first kappa shape index (κ1) is 25.7. The summed E-state index contributed by atoms with van der Waals surface area (Å²) in [6.45, 7) is 0.162. The van der Waals surface area contributed by atoms with Gasteiger partial charge in [0.15, 0.2) is 11.6 Å². The molecule has 0 radical (unpaired) electrons. The smallest absolute Gasteiger partial charge is 0.319 e. The van der Waals surface area contributed by atoms with Gasteiger partial charge in [0.25, 0.3) is 0 Å². The summed E-state index contributed by atoms with van der Waals surface area (Å²) in [6, 6.07) is 13.8. The average Bonchev–Trinajstić information content (AvgIpc) is 3.16. The Balaban J connectivity index is 1.51. The number of urea groups is 1. The number of nitrogens with zero attached hydrogens (tertiary/aromatic N) is 1. The van der Waals surface area contributed by atoms with Crippen LogP contribution in [0.3, 0.4) is 0 Å². The number of benzene rings is 3. The van der Waals surface area contributed by atoms with Gasteiger partial charge >= 0.3 is 6.03 Å². The second kappa shape index (κ2) is 10.3. The fourth-order valence-electron chi connectivity index (χ4n) is 4.03. The maximum atomic E-state index is 15.2. The minimum Gasteiger partial charge on any atom is -0.371 e. The van der Waals surface area contributed by atoms with Gasteiger partial charge in [-0.3, -0.25) is 4.72 Å². The molecule has 0 bridgehead atoms. The number of carbonyl (C=O) groups is 1. The van der Waals surface area contributed by atoms with Crippen LogP contribution < -0.4 is 20.3 Å². The summed E-state index contributed by atoms with van der Waals surface area (Å²) in [4.78, 5) is 13.6. The van der Waals surface area contributed by atoms with Crippen molar-refractivity contribution in [1.29, 1.82) is 0 Å². The summed E-state index contributed by atoms with van der Waals surface area (Å²) in [6.07, 6.45) is -0.0577. The van der Waals surface area contributed by atoms with E-state index in [1.165, 1.54) is 29.2 Å². The molecule has 1 heterocycles. The zero-order valence-electron chi connectivity index (χ0n) is 19.0. The van der Waals surface area contributed by atoms with Crippen molar-refractivity contribution >= 4 is 44.7 Å². The zero-order chi connectivity index (χ0) is 26.0. The highest BCUT2D eigenvalue weighted by Gasteiger charge is 2.36. The summed E-state index contributed by atoms with van der Waals surface area (Å²) in [5.74, 6) is -2.40. The molecular formula is C24H23ClF2N4O4S. The van der Waals surface area contributed by atoms with Crippen molar-refractivity contribution in [1.82, 2.24) is 5.32 Å². The van der Waals surface area contributed by atoms with E-state index < -0.39 is 40.0 Å². The molecule has 1 unspecified atom stereocenters. The van der Waals surface area contributed by atoms with E-state index in [0.717, 1.165) is 6.26 Å². The summed E-state index contributed by atoms with van der Waals surface area (Å²) in [5, 5.41) is 16.5. The number of anilines is 3. The molecule has 3 aromatic carbocycles. The van der Waals surface area contributed by atoms with Crippen LogP contribution in [0.4, 0.5) is 30.6 Å². The topological polar surface area (TPSA) is 111 Å². The molecule has 4 rings (SSSR count). The van der Waals surface area contributed by atoms with Crippen molar-refractivity contribution in [2.24, 2.45) is 0 Å². The Labute approximate surface area is 211 Å². The van der Waals surface area contributed by atoms with Crippen LogP contribution in [0.2, 0.25) is 5.02 Å². The van der Waals surface area contributed by atoms with Crippen molar-refractivity contribution in [3.63, 3.8) is 0 Å². The Hall–Kier alpha value is -3.41. The maximum absolute atomic E-state index is 15.2. The van der Waals surface area contributed by atoms with Crippen LogP contribution >= 0.6 is 11.6 Å². The standard InChI is InChI=1S/C24H23ClF2N4O4S/c1-36(34,35)30-18-5-3-2-4-16(18)17-10-11-20(22(27)21(17)26)31-13-12-19(23(31)32)29-24(33)28-15-8-6-14(25)7-9-15/h2-11,19,23,30,32H,12-13H2,1H3,(H2,28,29,33)/t19-,23?/m1/s1. The minimum absolute atomic E-state index is 0.100. The Morgan fingerprint density at radius 3 is 2.42 bits per heavy atom. The van der Waals surface area contributed by atoms with Crippen molar-refractivity contribution in [3.05, 3.63) is 77.3 Å². The first-order chi connectivity index (χ1) is 17.0. The maximum Gasteiger partial charge on any atom is 0.319 e. The number of amides is 2. The molecule has 190 valence electrons. The fourth-order valence-corrected chi connectivity index (χ4v) is 4.73. The van der Waals surface area contributed by atoms with Gasteiger partial charge < -0.3 is 20.6 Å². The molecule has 1 saturated heterocycles. The van der Waals surface area contributed by atoms with Crippen molar-refractivity contribution in [2.45, 2.75) is 18.7 Å². The van der Waals surface area contributed by atoms with E-state index in [0.29, 0.717) is 17.1 Å². The molecule has 0 spiro atoms. The normalized spacial score (nSPS) is 17.6. The quantitative estimate of drug-likeness (QED) is 0.374. The van der Waals surface area contributed by atoms with Gasteiger partial charge in [0.05, 0.1) is 23.7 Å². The number of hydrogen-bond donors (Lipinski definition) is 4. The lowest BCUT2D eigenvalue weighted by Gasteiger charge is -2.26. The highest BCUT2D eigenvalue weighted by atomic mass is 35.5. The highest BCUT2D eigenvalue weighted by molar-refractivity contribution is 7.92. The average molecular weight is 537 g/mol. The van der Waals surface area contributed by atoms with Gasteiger partial charge in [-0.1, -0.05) is 29.8 Å². The van der Waals surface area contributed by atoms with Crippen LogP contribution in [-0.4, -0.2) is 44.6 Å². The summed E-state index contributed by atoms with van der Waals surface area (Å²) in [7, 11) is -3.65. The number of rotatable bonds is 6. The van der Waals surface area contributed by atoms with E-state index in [2.05, 4.69) is 15.4 Å². The molecular weight excluding hydrogens is 514 g/mol. The summed E-state index contributed by atoms with van der Waals surface area (Å²) >= 11 is 5.83. The van der Waals surface area contributed by atoms with Gasteiger partial charge in [-0.2, -0.15) is 0 Å². The fraction of sp³-hybridized carbons (Fsp3) is 0.208. The van der Waals surface area contributed by atoms with Gasteiger partial charge in [-0.05, 0) is 48.9 Å². The van der Waals surface area contributed by atoms with Crippen LogP contribution in [0.15, 0.2) is 60.7 Å². The molecule has 1 aliphatic rings. The van der Waals surface area contributed by atoms with Gasteiger partial charge in [0, 0.05) is 28.4 Å². The highest BCUT2D eigenvalue weighted by Crippen LogP contribution is 2.36. The van der Waals surface area contributed by atoms with Crippen LogP contribution in [-0.2, 0) is 10.0 Å². The second-order valence-corrected chi connectivity index (χ2v) is 10.5. The van der Waals surface area contributed by atoms with Gasteiger partial charge in [-0.15, -0.1) is 0 Å². The van der Waals surface area contributed by atoms with Gasteiger partial charge in [0.2, 0.25) is 10.0 Å². The zero-order valence-corrected chi connectivity index (χ0v) is 20.6. The molecule has 3 aromatic rings. The lowest BCUT2D eigenvalue weighted by atomic mass is 10.0. The van der Waals surface area contributed by atoms with Crippen molar-refractivity contribution in [3.8, 4) is 11.1 Å².